The molecule has 2 amide bonds. The molecule has 2 N–H and O–H groups in total. The van der Waals surface area contributed by atoms with Crippen LogP contribution < -0.4 is 10.6 Å². The van der Waals surface area contributed by atoms with E-state index in [1.54, 1.807) is 0 Å². The third kappa shape index (κ3) is 4.48. The summed E-state index contributed by atoms with van der Waals surface area (Å²) in [7, 11) is 0. The third-order valence-corrected chi connectivity index (χ3v) is 1.94. The Hall–Kier alpha value is -1.98. The highest BCUT2D eigenvalue weighted by molar-refractivity contribution is 5.96. The average molecular weight is 253 g/mol. The molecule has 1 rings (SSSR count). The highest BCUT2D eigenvalue weighted by Gasteiger charge is 2.16. The van der Waals surface area contributed by atoms with E-state index in [0.29, 0.717) is 0 Å². The number of halogens is 1. The quantitative estimate of drug-likeness (QED) is 0.839. The van der Waals surface area contributed by atoms with Crippen molar-refractivity contribution in [2.24, 2.45) is 0 Å². The number of hydrogen-bond acceptors (Lipinski definition) is 3. The molecular weight excluding hydrogens is 237 g/mol. The van der Waals surface area contributed by atoms with Gasteiger partial charge >= 0.3 is 0 Å². The van der Waals surface area contributed by atoms with E-state index in [1.807, 2.05) is 20.8 Å². The van der Waals surface area contributed by atoms with Crippen molar-refractivity contribution in [3.8, 4) is 0 Å². The summed E-state index contributed by atoms with van der Waals surface area (Å²) in [5, 5.41) is 5.02. The van der Waals surface area contributed by atoms with E-state index in [4.69, 9.17) is 0 Å². The molecule has 1 heterocycles. The molecule has 0 unspecified atom stereocenters. The van der Waals surface area contributed by atoms with Crippen molar-refractivity contribution in [2.75, 3.05) is 6.54 Å². The molecule has 0 aliphatic carbocycles. The number of pyridine rings is 1. The monoisotopic (exact) mass is 253 g/mol. The second-order valence-electron chi connectivity index (χ2n) is 4.84. The molecule has 0 saturated carbocycles. The molecule has 0 aliphatic heterocycles. The lowest BCUT2D eigenvalue weighted by atomic mass is 10.1. The number of carbonyl (C=O) groups is 2. The highest BCUT2D eigenvalue weighted by atomic mass is 19.1. The summed E-state index contributed by atoms with van der Waals surface area (Å²) in [4.78, 5) is 26.6. The van der Waals surface area contributed by atoms with E-state index >= 15 is 0 Å². The van der Waals surface area contributed by atoms with Gasteiger partial charge in [0.05, 0.1) is 18.3 Å². The molecule has 18 heavy (non-hydrogen) atoms. The summed E-state index contributed by atoms with van der Waals surface area (Å²) in [6.45, 7) is 5.29. The normalized spacial score (nSPS) is 10.9. The minimum atomic E-state index is -0.716. The van der Waals surface area contributed by atoms with Crippen LogP contribution in [-0.4, -0.2) is 28.9 Å². The van der Waals surface area contributed by atoms with E-state index in [2.05, 4.69) is 15.6 Å². The van der Waals surface area contributed by atoms with Gasteiger partial charge in [-0.25, -0.2) is 4.39 Å². The van der Waals surface area contributed by atoms with Gasteiger partial charge < -0.3 is 10.6 Å². The number of nitrogens with one attached hydrogen (secondary N) is 2. The van der Waals surface area contributed by atoms with E-state index in [0.717, 1.165) is 6.20 Å². The number of carbonyl (C=O) groups excluding carboxylic acids is 2. The zero-order valence-electron chi connectivity index (χ0n) is 10.6. The Kier molecular flexibility index (Phi) is 4.36. The molecule has 6 heteroatoms. The van der Waals surface area contributed by atoms with Crippen LogP contribution in [0.1, 0.15) is 31.1 Å². The predicted molar refractivity (Wildman–Crippen MR) is 64.4 cm³/mol. The van der Waals surface area contributed by atoms with Gasteiger partial charge in [0.15, 0.2) is 5.82 Å². The Morgan fingerprint density at radius 3 is 2.61 bits per heavy atom. The average Bonchev–Trinajstić information content (AvgIpc) is 2.24. The van der Waals surface area contributed by atoms with Crippen LogP contribution in [0, 0.1) is 5.82 Å². The van der Waals surface area contributed by atoms with E-state index < -0.39 is 11.7 Å². The Morgan fingerprint density at radius 2 is 2.06 bits per heavy atom. The van der Waals surface area contributed by atoms with Crippen molar-refractivity contribution < 1.29 is 14.0 Å². The van der Waals surface area contributed by atoms with Gasteiger partial charge in [0.2, 0.25) is 5.91 Å². The molecule has 1 aromatic rings. The molecule has 0 aromatic carbocycles. The lowest BCUT2D eigenvalue weighted by molar-refractivity contribution is -0.121. The van der Waals surface area contributed by atoms with Gasteiger partial charge in [0.1, 0.15) is 0 Å². The molecule has 0 radical (unpaired) electrons. The zero-order valence-corrected chi connectivity index (χ0v) is 10.6. The lowest BCUT2D eigenvalue weighted by Crippen LogP contribution is -2.45. The Labute approximate surface area is 105 Å². The van der Waals surface area contributed by atoms with Gasteiger partial charge in [-0.05, 0) is 26.8 Å². The van der Waals surface area contributed by atoms with E-state index in [1.165, 1.54) is 12.3 Å². The molecule has 0 bridgehead atoms. The van der Waals surface area contributed by atoms with Crippen molar-refractivity contribution in [3.63, 3.8) is 0 Å². The Morgan fingerprint density at radius 1 is 1.39 bits per heavy atom. The molecular formula is C12H16FN3O2. The maximum absolute atomic E-state index is 13.2. The van der Waals surface area contributed by atoms with Gasteiger partial charge in [-0.15, -0.1) is 0 Å². The van der Waals surface area contributed by atoms with E-state index in [9.17, 15) is 14.0 Å². The minimum Gasteiger partial charge on any atom is -0.350 e. The summed E-state index contributed by atoms with van der Waals surface area (Å²) in [6.07, 6.45) is 2.26. The third-order valence-electron chi connectivity index (χ3n) is 1.94. The fraction of sp³-hybridized carbons (Fsp3) is 0.417. The highest BCUT2D eigenvalue weighted by Crippen LogP contribution is 2.03. The van der Waals surface area contributed by atoms with Crippen molar-refractivity contribution in [2.45, 2.75) is 26.3 Å². The molecule has 0 atom stereocenters. The lowest BCUT2D eigenvalue weighted by Gasteiger charge is -2.20. The predicted octanol–water partition coefficient (Wildman–Crippen LogP) is 0.865. The largest absolute Gasteiger partial charge is 0.350 e. The van der Waals surface area contributed by atoms with Crippen molar-refractivity contribution >= 4 is 11.8 Å². The first-order chi connectivity index (χ1) is 8.29. The number of aromatic nitrogens is 1. The van der Waals surface area contributed by atoms with E-state index in [-0.39, 0.29) is 23.6 Å². The summed E-state index contributed by atoms with van der Waals surface area (Å²) in [5.41, 5.74) is -0.502. The van der Waals surface area contributed by atoms with Gasteiger partial charge in [-0.1, -0.05) is 0 Å². The van der Waals surface area contributed by atoms with Crippen LogP contribution in [0.5, 0.6) is 0 Å². The van der Waals surface area contributed by atoms with Crippen LogP contribution >= 0.6 is 0 Å². The van der Waals surface area contributed by atoms with Crippen LogP contribution in [0.25, 0.3) is 0 Å². The van der Waals surface area contributed by atoms with Gasteiger partial charge in [0.25, 0.3) is 5.91 Å². The van der Waals surface area contributed by atoms with Crippen LogP contribution in [0.15, 0.2) is 18.5 Å². The molecule has 0 fully saturated rings. The van der Waals surface area contributed by atoms with Crippen molar-refractivity contribution in [1.29, 1.82) is 0 Å². The first kappa shape index (κ1) is 14.1. The van der Waals surface area contributed by atoms with Gasteiger partial charge in [-0.3, -0.25) is 14.6 Å². The standard InChI is InChI=1S/C12H16FN3O2/c1-12(2,3)16-10(17)7-15-11(18)8-4-5-14-6-9(8)13/h4-6H,7H2,1-3H3,(H,15,18)(H,16,17). The summed E-state index contributed by atoms with van der Waals surface area (Å²) >= 11 is 0. The molecule has 0 saturated heterocycles. The Bertz CT molecular complexity index is 455. The number of hydrogen-bond donors (Lipinski definition) is 2. The maximum atomic E-state index is 13.2. The number of nitrogens with zero attached hydrogens (tertiary/aromatic N) is 1. The number of rotatable bonds is 3. The topological polar surface area (TPSA) is 71.1 Å². The maximum Gasteiger partial charge on any atom is 0.254 e. The zero-order chi connectivity index (χ0) is 13.8. The molecule has 98 valence electrons. The van der Waals surface area contributed by atoms with Crippen LogP contribution in [0.3, 0.4) is 0 Å². The molecule has 0 spiro atoms. The smallest absolute Gasteiger partial charge is 0.254 e. The second kappa shape index (κ2) is 5.57. The van der Waals surface area contributed by atoms with Gasteiger partial charge in [0, 0.05) is 11.7 Å². The van der Waals surface area contributed by atoms with Crippen LogP contribution in [0.2, 0.25) is 0 Å². The summed E-state index contributed by atoms with van der Waals surface area (Å²) < 4.78 is 13.2. The SMILES string of the molecule is CC(C)(C)NC(=O)CNC(=O)c1ccncc1F. The Balaban J connectivity index is 2.52. The van der Waals surface area contributed by atoms with Crippen molar-refractivity contribution in [3.05, 3.63) is 29.8 Å². The fourth-order valence-electron chi connectivity index (χ4n) is 1.28. The molecule has 1 aromatic heterocycles. The number of amides is 2. The summed E-state index contributed by atoms with van der Waals surface area (Å²) in [5.74, 6) is -1.68. The first-order valence-corrected chi connectivity index (χ1v) is 5.48. The summed E-state index contributed by atoms with van der Waals surface area (Å²) in [6, 6.07) is 1.26. The minimum absolute atomic E-state index is 0.131. The molecule has 5 nitrogen and oxygen atoms in total. The van der Waals surface area contributed by atoms with Crippen LogP contribution in [-0.2, 0) is 4.79 Å². The van der Waals surface area contributed by atoms with Crippen LogP contribution in [0.4, 0.5) is 4.39 Å². The fourth-order valence-corrected chi connectivity index (χ4v) is 1.28. The van der Waals surface area contributed by atoms with Crippen molar-refractivity contribution in [1.82, 2.24) is 15.6 Å². The first-order valence-electron chi connectivity index (χ1n) is 5.48. The molecule has 0 aliphatic rings. The van der Waals surface area contributed by atoms with Gasteiger partial charge in [-0.2, -0.15) is 0 Å². The second-order valence-corrected chi connectivity index (χ2v) is 4.84.